The van der Waals surface area contributed by atoms with Crippen molar-refractivity contribution in [3.63, 3.8) is 0 Å². The summed E-state index contributed by atoms with van der Waals surface area (Å²) in [7, 11) is 0. The lowest BCUT2D eigenvalue weighted by atomic mass is 9.80. The molecule has 1 heterocycles. The van der Waals surface area contributed by atoms with Crippen molar-refractivity contribution < 1.29 is 4.42 Å². The van der Waals surface area contributed by atoms with E-state index in [1.54, 1.807) is 0 Å². The van der Waals surface area contributed by atoms with Crippen LogP contribution in [-0.2, 0) is 6.42 Å². The summed E-state index contributed by atoms with van der Waals surface area (Å²) in [6.45, 7) is 0. The van der Waals surface area contributed by atoms with E-state index in [9.17, 15) is 0 Å². The summed E-state index contributed by atoms with van der Waals surface area (Å²) in [5.74, 6) is 0.671. The molecule has 4 nitrogen and oxygen atoms in total. The van der Waals surface area contributed by atoms with Gasteiger partial charge in [-0.15, -0.1) is 10.2 Å². The molecular weight excluding hydrogens is 166 g/mol. The van der Waals surface area contributed by atoms with Gasteiger partial charge in [0.25, 0.3) is 0 Å². The molecule has 1 saturated carbocycles. The molecule has 0 aliphatic heterocycles. The number of hydrogen-bond acceptors (Lipinski definition) is 4. The Kier molecular flexibility index (Phi) is 2.31. The van der Waals surface area contributed by atoms with Crippen molar-refractivity contribution in [1.29, 1.82) is 0 Å². The smallest absolute Gasteiger partial charge is 0.218 e. The molecule has 2 rings (SSSR count). The average molecular weight is 181 g/mol. The van der Waals surface area contributed by atoms with Gasteiger partial charge in [-0.25, -0.2) is 0 Å². The van der Waals surface area contributed by atoms with Gasteiger partial charge in [-0.05, 0) is 12.8 Å². The second-order valence-corrected chi connectivity index (χ2v) is 3.93. The van der Waals surface area contributed by atoms with E-state index in [-0.39, 0.29) is 5.54 Å². The first kappa shape index (κ1) is 8.69. The molecule has 1 aromatic rings. The second kappa shape index (κ2) is 3.46. The van der Waals surface area contributed by atoms with Gasteiger partial charge in [-0.1, -0.05) is 19.3 Å². The van der Waals surface area contributed by atoms with Gasteiger partial charge < -0.3 is 10.2 Å². The van der Waals surface area contributed by atoms with Crippen LogP contribution in [0, 0.1) is 0 Å². The van der Waals surface area contributed by atoms with Gasteiger partial charge in [-0.2, -0.15) is 0 Å². The number of hydrogen-bond donors (Lipinski definition) is 1. The Bertz CT molecular complexity index is 252. The van der Waals surface area contributed by atoms with E-state index in [1.807, 2.05) is 0 Å². The van der Waals surface area contributed by atoms with Crippen molar-refractivity contribution in [3.05, 3.63) is 12.3 Å². The minimum absolute atomic E-state index is 0.0925. The molecule has 72 valence electrons. The van der Waals surface area contributed by atoms with Crippen molar-refractivity contribution >= 4 is 0 Å². The Balaban J connectivity index is 1.99. The third-order valence-corrected chi connectivity index (χ3v) is 2.76. The number of rotatable bonds is 2. The average Bonchev–Trinajstić information content (AvgIpc) is 2.57. The highest BCUT2D eigenvalue weighted by molar-refractivity contribution is 4.94. The molecule has 0 aromatic carbocycles. The van der Waals surface area contributed by atoms with Crippen LogP contribution < -0.4 is 5.73 Å². The fourth-order valence-corrected chi connectivity index (χ4v) is 2.01. The molecule has 13 heavy (non-hydrogen) atoms. The van der Waals surface area contributed by atoms with Crippen molar-refractivity contribution in [3.8, 4) is 0 Å². The van der Waals surface area contributed by atoms with E-state index in [4.69, 9.17) is 10.2 Å². The molecule has 1 aliphatic carbocycles. The van der Waals surface area contributed by atoms with Gasteiger partial charge in [-0.3, -0.25) is 0 Å². The molecule has 0 amide bonds. The predicted molar refractivity (Wildman–Crippen MR) is 48.0 cm³/mol. The number of nitrogens with zero attached hydrogens (tertiary/aromatic N) is 2. The highest BCUT2D eigenvalue weighted by Gasteiger charge is 2.29. The van der Waals surface area contributed by atoms with Crippen LogP contribution in [0.15, 0.2) is 10.8 Å². The highest BCUT2D eigenvalue weighted by Crippen LogP contribution is 2.28. The largest absolute Gasteiger partial charge is 0.428 e. The Morgan fingerprint density at radius 2 is 2.15 bits per heavy atom. The highest BCUT2D eigenvalue weighted by atomic mass is 16.4. The van der Waals surface area contributed by atoms with Crippen LogP contribution in [0.25, 0.3) is 0 Å². The van der Waals surface area contributed by atoms with E-state index in [0.29, 0.717) is 5.89 Å². The number of aromatic nitrogens is 2. The van der Waals surface area contributed by atoms with Gasteiger partial charge in [0.1, 0.15) is 0 Å². The summed E-state index contributed by atoms with van der Waals surface area (Å²) in [6, 6.07) is 0. The first-order valence-electron chi connectivity index (χ1n) is 4.82. The van der Waals surface area contributed by atoms with Gasteiger partial charge in [0.05, 0.1) is 0 Å². The summed E-state index contributed by atoms with van der Waals surface area (Å²) in [6.07, 6.45) is 8.01. The normalized spacial score (nSPS) is 21.6. The Labute approximate surface area is 77.5 Å². The zero-order valence-corrected chi connectivity index (χ0v) is 7.70. The summed E-state index contributed by atoms with van der Waals surface area (Å²) in [5, 5.41) is 7.51. The maximum absolute atomic E-state index is 6.22. The lowest BCUT2D eigenvalue weighted by molar-refractivity contribution is 0.274. The number of nitrogens with two attached hydrogens (primary N) is 1. The van der Waals surface area contributed by atoms with Gasteiger partial charge in [0, 0.05) is 12.0 Å². The summed E-state index contributed by atoms with van der Waals surface area (Å²) < 4.78 is 5.10. The second-order valence-electron chi connectivity index (χ2n) is 3.93. The zero-order chi connectivity index (χ0) is 9.15. The van der Waals surface area contributed by atoms with Crippen molar-refractivity contribution in [2.24, 2.45) is 5.73 Å². The summed E-state index contributed by atoms with van der Waals surface area (Å²) in [5.41, 5.74) is 6.13. The third-order valence-electron chi connectivity index (χ3n) is 2.76. The molecule has 4 heteroatoms. The van der Waals surface area contributed by atoms with Crippen LogP contribution in [0.3, 0.4) is 0 Å². The minimum atomic E-state index is -0.0925. The van der Waals surface area contributed by atoms with Crippen LogP contribution in [-0.4, -0.2) is 15.7 Å². The molecule has 0 radical (unpaired) electrons. The van der Waals surface area contributed by atoms with Crippen molar-refractivity contribution in [1.82, 2.24) is 10.2 Å². The molecule has 1 aromatic heterocycles. The maximum atomic E-state index is 6.22. The third kappa shape index (κ3) is 2.06. The van der Waals surface area contributed by atoms with Crippen LogP contribution in [0.1, 0.15) is 38.0 Å². The topological polar surface area (TPSA) is 64.9 Å². The monoisotopic (exact) mass is 181 g/mol. The van der Waals surface area contributed by atoms with Crippen molar-refractivity contribution in [2.45, 2.75) is 44.1 Å². The molecular formula is C9H15N3O. The first-order chi connectivity index (χ1) is 6.29. The lowest BCUT2D eigenvalue weighted by Crippen LogP contribution is -2.43. The lowest BCUT2D eigenvalue weighted by Gasteiger charge is -2.31. The molecule has 0 saturated heterocycles. The van der Waals surface area contributed by atoms with Crippen LogP contribution in [0.4, 0.5) is 0 Å². The van der Waals surface area contributed by atoms with Crippen LogP contribution >= 0.6 is 0 Å². The molecule has 1 aliphatic rings. The van der Waals surface area contributed by atoms with E-state index < -0.39 is 0 Å². The van der Waals surface area contributed by atoms with E-state index in [2.05, 4.69) is 10.2 Å². The van der Waals surface area contributed by atoms with Crippen molar-refractivity contribution in [2.75, 3.05) is 0 Å². The zero-order valence-electron chi connectivity index (χ0n) is 7.70. The van der Waals surface area contributed by atoms with E-state index >= 15 is 0 Å². The summed E-state index contributed by atoms with van der Waals surface area (Å²) >= 11 is 0. The predicted octanol–water partition coefficient (Wildman–Crippen LogP) is 1.27. The van der Waals surface area contributed by atoms with E-state index in [0.717, 1.165) is 19.3 Å². The standard InChI is InChI=1S/C9H15N3O/c10-9(4-2-1-3-5-9)6-8-12-11-7-13-8/h7H,1-6,10H2. The fourth-order valence-electron chi connectivity index (χ4n) is 2.01. The Morgan fingerprint density at radius 1 is 1.38 bits per heavy atom. The van der Waals surface area contributed by atoms with Gasteiger partial charge in [0.15, 0.2) is 0 Å². The quantitative estimate of drug-likeness (QED) is 0.746. The molecule has 2 N–H and O–H groups in total. The van der Waals surface area contributed by atoms with Crippen LogP contribution in [0.5, 0.6) is 0 Å². The molecule has 0 unspecified atom stereocenters. The fraction of sp³-hybridized carbons (Fsp3) is 0.778. The first-order valence-corrected chi connectivity index (χ1v) is 4.82. The maximum Gasteiger partial charge on any atom is 0.218 e. The van der Waals surface area contributed by atoms with Gasteiger partial charge >= 0.3 is 0 Å². The van der Waals surface area contributed by atoms with E-state index in [1.165, 1.54) is 25.7 Å². The van der Waals surface area contributed by atoms with Gasteiger partial charge in [0.2, 0.25) is 12.3 Å². The molecule has 0 spiro atoms. The molecule has 1 fully saturated rings. The molecule has 0 atom stereocenters. The van der Waals surface area contributed by atoms with Crippen LogP contribution in [0.2, 0.25) is 0 Å². The Morgan fingerprint density at radius 3 is 2.77 bits per heavy atom. The SMILES string of the molecule is NC1(Cc2nnco2)CCCCC1. The minimum Gasteiger partial charge on any atom is -0.428 e. The molecule has 0 bridgehead atoms. The Hall–Kier alpha value is -0.900. The summed E-state index contributed by atoms with van der Waals surface area (Å²) in [4.78, 5) is 0.